The molecule has 5 atom stereocenters. The fourth-order valence-electron chi connectivity index (χ4n) is 1.90. The summed E-state index contributed by atoms with van der Waals surface area (Å²) in [6.45, 7) is 3.04. The molecule has 1 saturated heterocycles. The molecule has 9 nitrogen and oxygen atoms in total. The van der Waals surface area contributed by atoms with Crippen LogP contribution in [0.25, 0.3) is 0 Å². The highest BCUT2D eigenvalue weighted by Gasteiger charge is 2.49. The van der Waals surface area contributed by atoms with Crippen LogP contribution in [0.3, 0.4) is 0 Å². The van der Waals surface area contributed by atoms with Crippen LogP contribution in [0.5, 0.6) is 0 Å². The molecule has 0 aromatic rings. The molecule has 0 aromatic carbocycles. The van der Waals surface area contributed by atoms with Crippen molar-refractivity contribution in [2.45, 2.75) is 51.5 Å². The number of aliphatic hydroxyl groups is 2. The SMILES string of the molecule is CC(=O)OC[C@H]1O[C@H](O)[C@@H](O)[C@@H](OC(C)=O)[C@@H]1OC(C)=O. The first kappa shape index (κ1) is 17.3. The van der Waals surface area contributed by atoms with E-state index in [-0.39, 0.29) is 6.61 Å². The second-order valence-corrected chi connectivity index (χ2v) is 4.51. The van der Waals surface area contributed by atoms with Gasteiger partial charge in [-0.1, -0.05) is 0 Å². The Morgan fingerprint density at radius 3 is 1.95 bits per heavy atom. The average Bonchev–Trinajstić information content (AvgIpc) is 2.35. The Hall–Kier alpha value is -1.71. The lowest BCUT2D eigenvalue weighted by molar-refractivity contribution is -0.293. The smallest absolute Gasteiger partial charge is 0.303 e. The monoisotopic (exact) mass is 306 g/mol. The van der Waals surface area contributed by atoms with Crippen LogP contribution >= 0.6 is 0 Å². The number of hydrogen-bond acceptors (Lipinski definition) is 9. The summed E-state index contributed by atoms with van der Waals surface area (Å²) in [6.07, 6.45) is -6.92. The van der Waals surface area contributed by atoms with Crippen LogP contribution in [0.15, 0.2) is 0 Å². The molecule has 21 heavy (non-hydrogen) atoms. The highest BCUT2D eigenvalue weighted by molar-refractivity contribution is 5.67. The van der Waals surface area contributed by atoms with Crippen molar-refractivity contribution in [3.05, 3.63) is 0 Å². The van der Waals surface area contributed by atoms with Gasteiger partial charge in [0.2, 0.25) is 0 Å². The number of carbonyl (C=O) groups excluding carboxylic acids is 3. The van der Waals surface area contributed by atoms with E-state index < -0.39 is 48.6 Å². The predicted molar refractivity (Wildman–Crippen MR) is 64.6 cm³/mol. The highest BCUT2D eigenvalue weighted by Crippen LogP contribution is 2.25. The van der Waals surface area contributed by atoms with E-state index in [0.717, 1.165) is 13.8 Å². The lowest BCUT2D eigenvalue weighted by Crippen LogP contribution is -2.61. The molecule has 2 N–H and O–H groups in total. The Morgan fingerprint density at radius 1 is 0.952 bits per heavy atom. The third-order valence-electron chi connectivity index (χ3n) is 2.69. The fourth-order valence-corrected chi connectivity index (χ4v) is 1.90. The maximum Gasteiger partial charge on any atom is 0.303 e. The first-order valence-corrected chi connectivity index (χ1v) is 6.21. The van der Waals surface area contributed by atoms with Crippen LogP contribution in [-0.2, 0) is 33.3 Å². The van der Waals surface area contributed by atoms with E-state index >= 15 is 0 Å². The van der Waals surface area contributed by atoms with Crippen molar-refractivity contribution in [2.24, 2.45) is 0 Å². The number of carbonyl (C=O) groups is 3. The van der Waals surface area contributed by atoms with E-state index in [2.05, 4.69) is 0 Å². The molecule has 0 saturated carbocycles. The molecule has 9 heteroatoms. The molecule has 0 amide bonds. The Morgan fingerprint density at radius 2 is 1.48 bits per heavy atom. The van der Waals surface area contributed by atoms with Crippen molar-refractivity contribution in [3.8, 4) is 0 Å². The second kappa shape index (κ2) is 7.34. The average molecular weight is 306 g/mol. The van der Waals surface area contributed by atoms with Gasteiger partial charge in [-0.2, -0.15) is 0 Å². The maximum absolute atomic E-state index is 11.1. The molecule has 1 rings (SSSR count). The fraction of sp³-hybridized carbons (Fsp3) is 0.750. The van der Waals surface area contributed by atoms with Crippen LogP contribution < -0.4 is 0 Å². The van der Waals surface area contributed by atoms with Crippen LogP contribution in [0.2, 0.25) is 0 Å². The Bertz CT molecular complexity index is 408. The summed E-state index contributed by atoms with van der Waals surface area (Å²) in [6, 6.07) is 0. The van der Waals surface area contributed by atoms with Crippen molar-refractivity contribution < 1.29 is 43.5 Å². The minimum absolute atomic E-state index is 0.338. The Balaban J connectivity index is 2.94. The molecule has 0 radical (unpaired) electrons. The third-order valence-corrected chi connectivity index (χ3v) is 2.69. The van der Waals surface area contributed by atoms with Gasteiger partial charge in [0.25, 0.3) is 0 Å². The Kier molecular flexibility index (Phi) is 6.06. The van der Waals surface area contributed by atoms with E-state index in [4.69, 9.17) is 18.9 Å². The Labute approximate surface area is 120 Å². The zero-order chi connectivity index (χ0) is 16.2. The molecule has 120 valence electrons. The lowest BCUT2D eigenvalue weighted by Gasteiger charge is -2.41. The number of hydrogen-bond donors (Lipinski definition) is 2. The molecule has 1 heterocycles. The van der Waals surface area contributed by atoms with E-state index in [1.807, 2.05) is 0 Å². The van der Waals surface area contributed by atoms with Gasteiger partial charge in [-0.25, -0.2) is 0 Å². The minimum Gasteiger partial charge on any atom is -0.463 e. The van der Waals surface area contributed by atoms with Gasteiger partial charge in [0.05, 0.1) is 0 Å². The molecule has 0 aromatic heterocycles. The van der Waals surface area contributed by atoms with Crippen molar-refractivity contribution in [1.29, 1.82) is 0 Å². The summed E-state index contributed by atoms with van der Waals surface area (Å²) < 4.78 is 19.6. The van der Waals surface area contributed by atoms with Crippen LogP contribution in [0, 0.1) is 0 Å². The number of aliphatic hydroxyl groups excluding tert-OH is 2. The highest BCUT2D eigenvalue weighted by atomic mass is 16.7. The van der Waals surface area contributed by atoms with E-state index in [9.17, 15) is 24.6 Å². The number of rotatable bonds is 4. The molecular weight excluding hydrogens is 288 g/mol. The normalized spacial score (nSPS) is 32.1. The van der Waals surface area contributed by atoms with Gasteiger partial charge < -0.3 is 29.2 Å². The van der Waals surface area contributed by atoms with Gasteiger partial charge in [0.1, 0.15) is 18.8 Å². The third kappa shape index (κ3) is 4.96. The molecule has 0 unspecified atom stereocenters. The largest absolute Gasteiger partial charge is 0.463 e. The van der Waals surface area contributed by atoms with E-state index in [0.29, 0.717) is 0 Å². The number of esters is 3. The molecular formula is C12H18O9. The summed E-state index contributed by atoms with van der Waals surface area (Å²) >= 11 is 0. The molecule has 0 aliphatic carbocycles. The van der Waals surface area contributed by atoms with Gasteiger partial charge in [-0.15, -0.1) is 0 Å². The summed E-state index contributed by atoms with van der Waals surface area (Å²) in [5.41, 5.74) is 0. The van der Waals surface area contributed by atoms with Crippen molar-refractivity contribution in [2.75, 3.05) is 6.61 Å². The van der Waals surface area contributed by atoms with Gasteiger partial charge in [0.15, 0.2) is 18.5 Å². The zero-order valence-corrected chi connectivity index (χ0v) is 11.8. The zero-order valence-electron chi connectivity index (χ0n) is 11.8. The van der Waals surface area contributed by atoms with Crippen LogP contribution in [0.1, 0.15) is 20.8 Å². The first-order valence-electron chi connectivity index (χ1n) is 6.21. The summed E-state index contributed by atoms with van der Waals surface area (Å²) in [4.78, 5) is 33.1. The summed E-state index contributed by atoms with van der Waals surface area (Å²) in [5.74, 6) is -2.06. The van der Waals surface area contributed by atoms with Gasteiger partial charge >= 0.3 is 17.9 Å². The first-order chi connectivity index (χ1) is 9.72. The van der Waals surface area contributed by atoms with Crippen LogP contribution in [-0.4, -0.2) is 65.4 Å². The lowest BCUT2D eigenvalue weighted by atomic mass is 9.98. The van der Waals surface area contributed by atoms with Gasteiger partial charge in [-0.05, 0) is 0 Å². The molecule has 0 bridgehead atoms. The van der Waals surface area contributed by atoms with E-state index in [1.54, 1.807) is 0 Å². The van der Waals surface area contributed by atoms with Crippen molar-refractivity contribution in [1.82, 2.24) is 0 Å². The van der Waals surface area contributed by atoms with Crippen molar-refractivity contribution >= 4 is 17.9 Å². The minimum atomic E-state index is -1.68. The molecule has 1 aliphatic heterocycles. The molecule has 0 spiro atoms. The maximum atomic E-state index is 11.1. The van der Waals surface area contributed by atoms with Crippen LogP contribution in [0.4, 0.5) is 0 Å². The number of ether oxygens (including phenoxy) is 4. The van der Waals surface area contributed by atoms with E-state index in [1.165, 1.54) is 6.92 Å². The molecule has 1 aliphatic rings. The van der Waals surface area contributed by atoms with Gasteiger partial charge in [0, 0.05) is 20.8 Å². The summed E-state index contributed by atoms with van der Waals surface area (Å²) in [5, 5.41) is 19.4. The summed E-state index contributed by atoms with van der Waals surface area (Å²) in [7, 11) is 0. The second-order valence-electron chi connectivity index (χ2n) is 4.51. The predicted octanol–water partition coefficient (Wildman–Crippen LogP) is -1.51. The van der Waals surface area contributed by atoms with Crippen molar-refractivity contribution in [3.63, 3.8) is 0 Å². The topological polar surface area (TPSA) is 129 Å². The standard InChI is InChI=1S/C12H18O9/c1-5(13)18-4-8-10(19-6(2)14)11(20-7(3)15)9(16)12(17)21-8/h8-12,16-17H,4H2,1-3H3/t8-,9+,10-,11-,12+/m1/s1. The molecule has 1 fully saturated rings. The van der Waals surface area contributed by atoms with Gasteiger partial charge in [-0.3, -0.25) is 14.4 Å². The quantitative estimate of drug-likeness (QED) is 0.470.